The Bertz CT molecular complexity index is 3960. The molecule has 9 heteroatoms. The van der Waals surface area contributed by atoms with Crippen molar-refractivity contribution in [3.05, 3.63) is 229 Å². The molecule has 4 nitrogen and oxygen atoms in total. The van der Waals surface area contributed by atoms with Gasteiger partial charge in [0.05, 0.1) is 50.4 Å². The molecule has 0 fully saturated rings. The van der Waals surface area contributed by atoms with Gasteiger partial charge in [0.25, 0.3) is 0 Å². The van der Waals surface area contributed by atoms with Gasteiger partial charge in [-0.2, -0.15) is 0 Å². The van der Waals surface area contributed by atoms with Crippen molar-refractivity contribution in [1.82, 2.24) is 19.1 Å². The highest BCUT2D eigenvalue weighted by molar-refractivity contribution is 6.12. The van der Waals surface area contributed by atoms with Crippen molar-refractivity contribution in [3.8, 4) is 67.3 Å². The topological polar surface area (TPSA) is 35.6 Å². The van der Waals surface area contributed by atoms with Crippen LogP contribution in [-0.4, -0.2) is 19.1 Å². The Kier molecular flexibility index (Phi) is 9.62. The van der Waals surface area contributed by atoms with Gasteiger partial charge in [0.15, 0.2) is 23.3 Å². The molecule has 0 radical (unpaired) electrons. The van der Waals surface area contributed by atoms with Gasteiger partial charge < -0.3 is 9.13 Å². The van der Waals surface area contributed by atoms with Gasteiger partial charge in [0, 0.05) is 50.6 Å². The standard InChI is InChI=1S/C59H35F5N4/c1-34-48(67-49-18-10-8-16-41(49)43-22-20-37(32-51(43)67)39-26-28-65-46(30-39)35-12-4-2-5-13-35)25-24-45(53-54(60)56(62)58(64)57(63)55(53)61)59(34)68-50-19-11-9-17-42(50)44-23-21-38(33-52(44)68)40-27-29-66-47(31-40)36-14-6-3-7-15-36/h2-33H,1H3. The smallest absolute Gasteiger partial charge is 0.200 e. The molecule has 0 spiro atoms. The number of pyridine rings is 2. The van der Waals surface area contributed by atoms with E-state index < -0.39 is 34.6 Å². The molecule has 0 atom stereocenters. The average Bonchev–Trinajstić information content (AvgIpc) is 3.90. The molecule has 0 saturated heterocycles. The normalized spacial score (nSPS) is 11.7. The van der Waals surface area contributed by atoms with Gasteiger partial charge >= 0.3 is 0 Å². The van der Waals surface area contributed by atoms with Crippen molar-refractivity contribution in [2.24, 2.45) is 0 Å². The lowest BCUT2D eigenvalue weighted by Gasteiger charge is -2.22. The van der Waals surface area contributed by atoms with Crippen LogP contribution in [0.3, 0.4) is 0 Å². The average molecular weight is 895 g/mol. The van der Waals surface area contributed by atoms with Crippen LogP contribution in [0.1, 0.15) is 5.56 Å². The zero-order chi connectivity index (χ0) is 46.2. The minimum absolute atomic E-state index is 0.172. The van der Waals surface area contributed by atoms with E-state index in [1.165, 1.54) is 6.07 Å². The van der Waals surface area contributed by atoms with E-state index >= 15 is 17.6 Å². The number of nitrogens with zero attached hydrogens (tertiary/aromatic N) is 4. The highest BCUT2D eigenvalue weighted by atomic mass is 19.2. The number of hydrogen-bond donors (Lipinski definition) is 0. The molecule has 0 amide bonds. The molecule has 0 unspecified atom stereocenters. The maximum atomic E-state index is 16.3. The van der Waals surface area contributed by atoms with E-state index in [0.717, 1.165) is 77.3 Å². The lowest BCUT2D eigenvalue weighted by atomic mass is 9.96. The molecule has 0 aliphatic heterocycles. The quantitative estimate of drug-likeness (QED) is 0.0908. The van der Waals surface area contributed by atoms with Gasteiger partial charge in [-0.25, -0.2) is 22.0 Å². The third-order valence-corrected chi connectivity index (χ3v) is 13.0. The summed E-state index contributed by atoms with van der Waals surface area (Å²) in [4.78, 5) is 9.29. The zero-order valence-corrected chi connectivity index (χ0v) is 36.2. The summed E-state index contributed by atoms with van der Waals surface area (Å²) < 4.78 is 82.1. The lowest BCUT2D eigenvalue weighted by molar-refractivity contribution is 0.381. The summed E-state index contributed by atoms with van der Waals surface area (Å²) in [5.74, 6) is -10.1. The summed E-state index contributed by atoms with van der Waals surface area (Å²) in [6.45, 7) is 1.83. The van der Waals surface area contributed by atoms with Crippen molar-refractivity contribution >= 4 is 43.6 Å². The molecule has 0 N–H and O–H groups in total. The second-order valence-corrected chi connectivity index (χ2v) is 16.8. The summed E-state index contributed by atoms with van der Waals surface area (Å²) >= 11 is 0. The lowest BCUT2D eigenvalue weighted by Crippen LogP contribution is -2.09. The van der Waals surface area contributed by atoms with Gasteiger partial charge in [0.1, 0.15) is 0 Å². The molecule has 0 saturated carbocycles. The van der Waals surface area contributed by atoms with Crippen LogP contribution < -0.4 is 0 Å². The van der Waals surface area contributed by atoms with Gasteiger partial charge in [-0.05, 0) is 95.4 Å². The summed E-state index contributed by atoms with van der Waals surface area (Å²) in [6.07, 6.45) is 3.54. The maximum absolute atomic E-state index is 16.3. The van der Waals surface area contributed by atoms with Gasteiger partial charge in [0.2, 0.25) is 5.82 Å². The summed E-state index contributed by atoms with van der Waals surface area (Å²) in [7, 11) is 0. The Balaban J connectivity index is 1.15. The van der Waals surface area contributed by atoms with Crippen LogP contribution in [0.25, 0.3) is 111 Å². The first-order valence-electron chi connectivity index (χ1n) is 22.0. The molecule has 4 aromatic heterocycles. The van der Waals surface area contributed by atoms with Crippen LogP contribution in [0.5, 0.6) is 0 Å². The predicted octanol–water partition coefficient (Wildman–Crippen LogP) is 16.0. The second kappa shape index (κ2) is 16.0. The van der Waals surface area contributed by atoms with E-state index in [0.29, 0.717) is 22.3 Å². The van der Waals surface area contributed by atoms with Crippen molar-refractivity contribution in [3.63, 3.8) is 0 Å². The van der Waals surface area contributed by atoms with Crippen LogP contribution in [0.4, 0.5) is 22.0 Å². The third-order valence-electron chi connectivity index (χ3n) is 13.0. The Labute approximate surface area is 386 Å². The van der Waals surface area contributed by atoms with Crippen LogP contribution in [0, 0.1) is 36.0 Å². The fourth-order valence-corrected chi connectivity index (χ4v) is 9.82. The Morgan fingerprint density at radius 2 is 0.779 bits per heavy atom. The number of fused-ring (bicyclic) bond motifs is 6. The van der Waals surface area contributed by atoms with Crippen molar-refractivity contribution in [2.45, 2.75) is 6.92 Å². The number of rotatable bonds is 7. The third kappa shape index (κ3) is 6.41. The molecule has 12 aromatic rings. The van der Waals surface area contributed by atoms with E-state index in [1.54, 1.807) is 18.5 Å². The highest BCUT2D eigenvalue weighted by Gasteiger charge is 2.31. The first-order valence-corrected chi connectivity index (χ1v) is 22.0. The first kappa shape index (κ1) is 40.8. The van der Waals surface area contributed by atoms with E-state index in [-0.39, 0.29) is 11.3 Å². The van der Waals surface area contributed by atoms with E-state index in [2.05, 4.69) is 38.8 Å². The molecule has 4 heterocycles. The van der Waals surface area contributed by atoms with Crippen LogP contribution in [-0.2, 0) is 0 Å². The molecule has 8 aromatic carbocycles. The molecule has 326 valence electrons. The summed E-state index contributed by atoms with van der Waals surface area (Å²) in [6, 6.07) is 58.8. The Morgan fingerprint density at radius 3 is 1.31 bits per heavy atom. The summed E-state index contributed by atoms with van der Waals surface area (Å²) in [5, 5.41) is 3.58. The van der Waals surface area contributed by atoms with E-state index in [4.69, 9.17) is 0 Å². The van der Waals surface area contributed by atoms with Crippen LogP contribution >= 0.6 is 0 Å². The number of halogens is 5. The highest BCUT2D eigenvalue weighted by Crippen LogP contribution is 2.45. The van der Waals surface area contributed by atoms with Gasteiger partial charge in [-0.15, -0.1) is 0 Å². The number of aromatic nitrogens is 4. The number of hydrogen-bond acceptors (Lipinski definition) is 2. The summed E-state index contributed by atoms with van der Waals surface area (Å²) in [5.41, 5.74) is 10.3. The minimum Gasteiger partial charge on any atom is -0.309 e. The maximum Gasteiger partial charge on any atom is 0.200 e. The SMILES string of the molecule is Cc1c(-n2c3ccccc3c3ccc(-c4ccnc(-c5ccccc5)c4)cc32)ccc(-c2c(F)c(F)c(F)c(F)c2F)c1-n1c2ccccc2c2ccc(-c3ccnc(-c4ccccc4)c3)cc21. The molecule has 0 aliphatic carbocycles. The fourth-order valence-electron chi connectivity index (χ4n) is 9.82. The molecule has 0 aliphatic rings. The largest absolute Gasteiger partial charge is 0.309 e. The second-order valence-electron chi connectivity index (χ2n) is 16.8. The molecule has 0 bridgehead atoms. The monoisotopic (exact) mass is 894 g/mol. The molecule has 68 heavy (non-hydrogen) atoms. The van der Waals surface area contributed by atoms with Crippen molar-refractivity contribution in [1.29, 1.82) is 0 Å². The first-order chi connectivity index (χ1) is 33.2. The minimum atomic E-state index is -2.22. The Morgan fingerprint density at radius 1 is 0.353 bits per heavy atom. The van der Waals surface area contributed by atoms with Gasteiger partial charge in [-0.1, -0.05) is 121 Å². The Hall–Kier alpha value is -8.69. The van der Waals surface area contributed by atoms with Crippen LogP contribution in [0.2, 0.25) is 0 Å². The molecular weight excluding hydrogens is 860 g/mol. The van der Waals surface area contributed by atoms with Crippen molar-refractivity contribution in [2.75, 3.05) is 0 Å². The molecular formula is C59H35F5N4. The van der Waals surface area contributed by atoms with Crippen molar-refractivity contribution < 1.29 is 22.0 Å². The molecule has 12 rings (SSSR count). The number of benzene rings is 8. The van der Waals surface area contributed by atoms with E-state index in [9.17, 15) is 4.39 Å². The van der Waals surface area contributed by atoms with Gasteiger partial charge in [-0.3, -0.25) is 9.97 Å². The number of para-hydroxylation sites is 2. The fraction of sp³-hybridized carbons (Fsp3) is 0.0169. The zero-order valence-electron chi connectivity index (χ0n) is 36.2. The van der Waals surface area contributed by atoms with E-state index in [1.807, 2.05) is 157 Å². The van der Waals surface area contributed by atoms with Crippen LogP contribution in [0.15, 0.2) is 194 Å². The predicted molar refractivity (Wildman–Crippen MR) is 262 cm³/mol.